The Morgan fingerprint density at radius 1 is 1.36 bits per heavy atom. The number of benzene rings is 1. The number of hydrogen-bond donors (Lipinski definition) is 1. The van der Waals surface area contributed by atoms with Crippen molar-refractivity contribution in [2.45, 2.75) is 11.3 Å². The molecule has 60 valence electrons. The fourth-order valence-corrected chi connectivity index (χ4v) is 1.71. The molecule has 0 heterocycles. The van der Waals surface area contributed by atoms with Crippen molar-refractivity contribution in [1.29, 1.82) is 0 Å². The minimum absolute atomic E-state index is 0.734. The summed E-state index contributed by atoms with van der Waals surface area (Å²) in [6.07, 6.45) is 3.08. The average Bonchev–Trinajstić information content (AvgIpc) is 2.06. The van der Waals surface area contributed by atoms with Crippen LogP contribution in [0.3, 0.4) is 0 Å². The summed E-state index contributed by atoms with van der Waals surface area (Å²) in [5, 5.41) is 0. The molecule has 1 aromatic rings. The molecule has 1 rings (SSSR count). The zero-order valence-electron chi connectivity index (χ0n) is 6.71. The second-order valence-electron chi connectivity index (χ2n) is 2.35. The van der Waals surface area contributed by atoms with Crippen LogP contribution in [0, 0.1) is 0 Å². The zero-order valence-corrected chi connectivity index (χ0v) is 7.53. The van der Waals surface area contributed by atoms with Gasteiger partial charge in [-0.25, -0.2) is 0 Å². The molecule has 0 aliphatic heterocycles. The molecule has 2 N–H and O–H groups in total. The minimum atomic E-state index is 0.734. The quantitative estimate of drug-likeness (QED) is 0.696. The summed E-state index contributed by atoms with van der Waals surface area (Å²) in [6, 6.07) is 8.39. The number of nitrogens with two attached hydrogens (primary N) is 1. The molecule has 0 amide bonds. The van der Waals surface area contributed by atoms with Crippen LogP contribution in [0.5, 0.6) is 0 Å². The Bertz CT molecular complexity index is 223. The second-order valence-corrected chi connectivity index (χ2v) is 3.20. The van der Waals surface area contributed by atoms with Gasteiger partial charge >= 0.3 is 0 Å². The SMILES string of the molecule is CSc1ccccc1CCN. The molecule has 1 nitrogen and oxygen atoms in total. The Labute approximate surface area is 72.0 Å². The highest BCUT2D eigenvalue weighted by molar-refractivity contribution is 7.98. The van der Waals surface area contributed by atoms with Gasteiger partial charge in [-0.3, -0.25) is 0 Å². The molecule has 0 unspecified atom stereocenters. The van der Waals surface area contributed by atoms with Gasteiger partial charge in [-0.2, -0.15) is 0 Å². The lowest BCUT2D eigenvalue weighted by Gasteiger charge is -2.03. The molecule has 0 fully saturated rings. The normalized spacial score (nSPS) is 10.0. The van der Waals surface area contributed by atoms with Crippen LogP contribution < -0.4 is 5.73 Å². The molecule has 11 heavy (non-hydrogen) atoms. The van der Waals surface area contributed by atoms with Gasteiger partial charge in [0.1, 0.15) is 0 Å². The van der Waals surface area contributed by atoms with Crippen LogP contribution in [0.15, 0.2) is 29.2 Å². The van der Waals surface area contributed by atoms with Crippen LogP contribution in [0.4, 0.5) is 0 Å². The van der Waals surface area contributed by atoms with E-state index in [9.17, 15) is 0 Å². The van der Waals surface area contributed by atoms with E-state index in [0.717, 1.165) is 13.0 Å². The minimum Gasteiger partial charge on any atom is -0.330 e. The standard InChI is InChI=1S/C9H13NS/c1-11-9-5-3-2-4-8(9)6-7-10/h2-5H,6-7,10H2,1H3. The van der Waals surface area contributed by atoms with Crippen molar-refractivity contribution in [3.05, 3.63) is 29.8 Å². The van der Waals surface area contributed by atoms with E-state index in [4.69, 9.17) is 5.73 Å². The highest BCUT2D eigenvalue weighted by atomic mass is 32.2. The van der Waals surface area contributed by atoms with Crippen LogP contribution in [-0.2, 0) is 6.42 Å². The van der Waals surface area contributed by atoms with Gasteiger partial charge in [-0.05, 0) is 30.9 Å². The molecule has 0 saturated heterocycles. The Kier molecular flexibility index (Phi) is 3.46. The molecule has 0 aromatic heterocycles. The molecular formula is C9H13NS. The Balaban J connectivity index is 2.83. The topological polar surface area (TPSA) is 26.0 Å². The first-order valence-electron chi connectivity index (χ1n) is 3.70. The third-order valence-corrected chi connectivity index (χ3v) is 2.44. The van der Waals surface area contributed by atoms with Crippen LogP contribution in [-0.4, -0.2) is 12.8 Å². The van der Waals surface area contributed by atoms with Gasteiger partial charge in [0.2, 0.25) is 0 Å². The van der Waals surface area contributed by atoms with Crippen molar-refractivity contribution >= 4 is 11.8 Å². The molecule has 2 heteroatoms. The van der Waals surface area contributed by atoms with E-state index < -0.39 is 0 Å². The molecule has 1 aromatic carbocycles. The maximum Gasteiger partial charge on any atom is 0.0102 e. The first-order chi connectivity index (χ1) is 5.38. The van der Waals surface area contributed by atoms with E-state index in [2.05, 4.69) is 30.5 Å². The van der Waals surface area contributed by atoms with Crippen LogP contribution in [0.2, 0.25) is 0 Å². The largest absolute Gasteiger partial charge is 0.330 e. The molecule has 0 atom stereocenters. The van der Waals surface area contributed by atoms with Gasteiger partial charge in [-0.15, -0.1) is 11.8 Å². The summed E-state index contributed by atoms with van der Waals surface area (Å²) >= 11 is 1.78. The van der Waals surface area contributed by atoms with Gasteiger partial charge in [0.05, 0.1) is 0 Å². The Hall–Kier alpha value is -0.470. The molecular weight excluding hydrogens is 154 g/mol. The predicted molar refractivity (Wildman–Crippen MR) is 51.0 cm³/mol. The van der Waals surface area contributed by atoms with Crippen molar-refractivity contribution in [3.8, 4) is 0 Å². The first-order valence-corrected chi connectivity index (χ1v) is 4.93. The van der Waals surface area contributed by atoms with Gasteiger partial charge in [0.15, 0.2) is 0 Å². The molecule has 0 bridgehead atoms. The van der Waals surface area contributed by atoms with Crippen molar-refractivity contribution < 1.29 is 0 Å². The fourth-order valence-electron chi connectivity index (χ4n) is 1.07. The van der Waals surface area contributed by atoms with Crippen molar-refractivity contribution in [1.82, 2.24) is 0 Å². The summed E-state index contributed by atoms with van der Waals surface area (Å²) in [6.45, 7) is 0.734. The number of hydrogen-bond acceptors (Lipinski definition) is 2. The maximum absolute atomic E-state index is 5.47. The van der Waals surface area contributed by atoms with E-state index >= 15 is 0 Å². The highest BCUT2D eigenvalue weighted by Crippen LogP contribution is 2.19. The maximum atomic E-state index is 5.47. The van der Waals surface area contributed by atoms with Crippen LogP contribution in [0.1, 0.15) is 5.56 Å². The van der Waals surface area contributed by atoms with Crippen molar-refractivity contribution in [2.75, 3.05) is 12.8 Å². The van der Waals surface area contributed by atoms with Crippen molar-refractivity contribution in [3.63, 3.8) is 0 Å². The lowest BCUT2D eigenvalue weighted by atomic mass is 10.1. The summed E-state index contributed by atoms with van der Waals surface area (Å²) < 4.78 is 0. The molecule has 0 radical (unpaired) electrons. The van der Waals surface area contributed by atoms with Gasteiger partial charge < -0.3 is 5.73 Å². The number of rotatable bonds is 3. The molecule has 0 aliphatic carbocycles. The Morgan fingerprint density at radius 3 is 2.73 bits per heavy atom. The lowest BCUT2D eigenvalue weighted by Crippen LogP contribution is -2.03. The summed E-state index contributed by atoms with van der Waals surface area (Å²) in [4.78, 5) is 1.35. The van der Waals surface area contributed by atoms with Gasteiger partial charge in [-0.1, -0.05) is 18.2 Å². The van der Waals surface area contributed by atoms with E-state index in [1.165, 1.54) is 10.5 Å². The summed E-state index contributed by atoms with van der Waals surface area (Å²) in [7, 11) is 0. The average molecular weight is 167 g/mol. The Morgan fingerprint density at radius 2 is 2.09 bits per heavy atom. The third-order valence-electron chi connectivity index (χ3n) is 1.61. The van der Waals surface area contributed by atoms with Gasteiger partial charge in [0, 0.05) is 4.90 Å². The highest BCUT2D eigenvalue weighted by Gasteiger charge is 1.96. The molecule has 0 aliphatic rings. The molecule has 0 spiro atoms. The van der Waals surface area contributed by atoms with Crippen LogP contribution in [0.25, 0.3) is 0 Å². The van der Waals surface area contributed by atoms with Gasteiger partial charge in [0.25, 0.3) is 0 Å². The zero-order chi connectivity index (χ0) is 8.10. The van der Waals surface area contributed by atoms with Crippen LogP contribution >= 0.6 is 11.8 Å². The first kappa shape index (κ1) is 8.62. The molecule has 0 saturated carbocycles. The lowest BCUT2D eigenvalue weighted by molar-refractivity contribution is 0.945. The number of thioether (sulfide) groups is 1. The monoisotopic (exact) mass is 167 g/mol. The summed E-state index contributed by atoms with van der Waals surface area (Å²) in [5.41, 5.74) is 6.84. The summed E-state index contributed by atoms with van der Waals surface area (Å²) in [5.74, 6) is 0. The predicted octanol–water partition coefficient (Wildman–Crippen LogP) is 1.91. The van der Waals surface area contributed by atoms with E-state index in [1.54, 1.807) is 11.8 Å². The van der Waals surface area contributed by atoms with E-state index in [-0.39, 0.29) is 0 Å². The third kappa shape index (κ3) is 2.24. The van der Waals surface area contributed by atoms with E-state index in [0.29, 0.717) is 0 Å². The second kappa shape index (κ2) is 4.42. The smallest absolute Gasteiger partial charge is 0.0102 e. The fraction of sp³-hybridized carbons (Fsp3) is 0.333. The van der Waals surface area contributed by atoms with E-state index in [1.807, 2.05) is 0 Å². The van der Waals surface area contributed by atoms with Crippen molar-refractivity contribution in [2.24, 2.45) is 5.73 Å².